The summed E-state index contributed by atoms with van der Waals surface area (Å²) in [6.45, 7) is 10.3. The molecular weight excluding hydrogens is 433 g/mol. The Kier molecular flexibility index (Phi) is 7.74. The number of likely N-dealkylation sites (tertiary alicyclic amines) is 1. The second-order valence-electron chi connectivity index (χ2n) is 6.62. The third-order valence-electron chi connectivity index (χ3n) is 4.66. The molecule has 0 aromatic carbocycles. The van der Waals surface area contributed by atoms with E-state index in [1.165, 1.54) is 43.6 Å². The van der Waals surface area contributed by atoms with Gasteiger partial charge in [0.25, 0.3) is 0 Å². The fraction of sp³-hybridized carbons (Fsp3) is 0.765. The number of thiazole rings is 1. The van der Waals surface area contributed by atoms with Gasteiger partial charge in [-0.05, 0) is 46.5 Å². The number of rotatable bonds is 5. The fourth-order valence-corrected chi connectivity index (χ4v) is 4.09. The highest BCUT2D eigenvalue weighted by atomic mass is 127. The van der Waals surface area contributed by atoms with Crippen molar-refractivity contribution in [2.75, 3.05) is 19.6 Å². The number of hydrogen-bond acceptors (Lipinski definition) is 4. The lowest BCUT2D eigenvalue weighted by Gasteiger charge is -2.33. The highest BCUT2D eigenvalue weighted by molar-refractivity contribution is 14.0. The summed E-state index contributed by atoms with van der Waals surface area (Å²) in [4.78, 5) is 13.2. The van der Waals surface area contributed by atoms with Crippen molar-refractivity contribution in [2.45, 2.75) is 65.1 Å². The molecule has 1 saturated carbocycles. The molecule has 0 bridgehead atoms. The maximum Gasteiger partial charge on any atom is 0.191 e. The molecule has 2 aliphatic rings. The summed E-state index contributed by atoms with van der Waals surface area (Å²) in [6.07, 6.45) is 5.27. The number of aliphatic imine (C=N–C) groups is 1. The molecule has 1 aliphatic carbocycles. The SMILES string of the molecule is CCNC(=NCc1sc(C)nc1C)NC1CCN(C2CC2)CC1.I. The predicted octanol–water partition coefficient (Wildman–Crippen LogP) is 3.06. The maximum absolute atomic E-state index is 4.77. The monoisotopic (exact) mass is 463 g/mol. The van der Waals surface area contributed by atoms with E-state index in [9.17, 15) is 0 Å². The van der Waals surface area contributed by atoms with Crippen LogP contribution in [0, 0.1) is 13.8 Å². The van der Waals surface area contributed by atoms with Gasteiger partial charge in [-0.2, -0.15) is 0 Å². The molecule has 24 heavy (non-hydrogen) atoms. The van der Waals surface area contributed by atoms with Crippen LogP contribution in [0.1, 0.15) is 48.2 Å². The first-order chi connectivity index (χ1) is 11.2. The molecule has 5 nitrogen and oxygen atoms in total. The highest BCUT2D eigenvalue weighted by Crippen LogP contribution is 2.29. The van der Waals surface area contributed by atoms with E-state index in [0.29, 0.717) is 12.6 Å². The Balaban J connectivity index is 0.00000208. The van der Waals surface area contributed by atoms with Gasteiger partial charge in [0.1, 0.15) is 0 Å². The summed E-state index contributed by atoms with van der Waals surface area (Å²) in [5.41, 5.74) is 1.12. The van der Waals surface area contributed by atoms with Crippen molar-refractivity contribution >= 4 is 41.3 Å². The Labute approximate surface area is 166 Å². The first-order valence-corrected chi connectivity index (χ1v) is 9.69. The van der Waals surface area contributed by atoms with Gasteiger partial charge in [0.05, 0.1) is 17.2 Å². The average Bonchev–Trinajstić information content (AvgIpc) is 3.32. The zero-order chi connectivity index (χ0) is 16.2. The molecule has 3 rings (SSSR count). The van der Waals surface area contributed by atoms with E-state index in [-0.39, 0.29) is 24.0 Å². The van der Waals surface area contributed by atoms with Crippen LogP contribution in [0.15, 0.2) is 4.99 Å². The molecule has 0 atom stereocenters. The Hall–Kier alpha value is -0.410. The maximum atomic E-state index is 4.77. The van der Waals surface area contributed by atoms with E-state index < -0.39 is 0 Å². The molecule has 0 radical (unpaired) electrons. The minimum Gasteiger partial charge on any atom is -0.357 e. The number of hydrogen-bond donors (Lipinski definition) is 2. The summed E-state index contributed by atoms with van der Waals surface area (Å²) in [5.74, 6) is 0.947. The molecule has 136 valence electrons. The lowest BCUT2D eigenvalue weighted by atomic mass is 10.1. The van der Waals surface area contributed by atoms with Crippen LogP contribution < -0.4 is 10.6 Å². The molecule has 2 heterocycles. The lowest BCUT2D eigenvalue weighted by Crippen LogP contribution is -2.49. The van der Waals surface area contributed by atoms with Crippen molar-refractivity contribution in [3.8, 4) is 0 Å². The minimum absolute atomic E-state index is 0. The second-order valence-corrected chi connectivity index (χ2v) is 7.91. The van der Waals surface area contributed by atoms with Crippen LogP contribution in [0.3, 0.4) is 0 Å². The number of nitrogens with one attached hydrogen (secondary N) is 2. The molecule has 1 aromatic heterocycles. The summed E-state index contributed by atoms with van der Waals surface area (Å²) in [7, 11) is 0. The van der Waals surface area contributed by atoms with Gasteiger partial charge >= 0.3 is 0 Å². The van der Waals surface area contributed by atoms with E-state index in [4.69, 9.17) is 4.99 Å². The first kappa shape index (κ1) is 19.9. The van der Waals surface area contributed by atoms with E-state index in [1.54, 1.807) is 11.3 Å². The molecule has 1 aromatic rings. The van der Waals surface area contributed by atoms with Crippen molar-refractivity contribution in [3.05, 3.63) is 15.6 Å². The second kappa shape index (κ2) is 9.33. The van der Waals surface area contributed by atoms with Crippen molar-refractivity contribution < 1.29 is 0 Å². The molecular formula is C17H30IN5S. The number of guanidine groups is 1. The van der Waals surface area contributed by atoms with Gasteiger partial charge in [-0.3, -0.25) is 0 Å². The summed E-state index contributed by atoms with van der Waals surface area (Å²) < 4.78 is 0. The van der Waals surface area contributed by atoms with E-state index in [2.05, 4.69) is 41.3 Å². The van der Waals surface area contributed by atoms with Gasteiger partial charge in [0.15, 0.2) is 5.96 Å². The van der Waals surface area contributed by atoms with Gasteiger partial charge in [0.2, 0.25) is 0 Å². The van der Waals surface area contributed by atoms with E-state index in [1.807, 2.05) is 0 Å². The summed E-state index contributed by atoms with van der Waals surface area (Å²) in [6, 6.07) is 1.45. The van der Waals surface area contributed by atoms with Gasteiger partial charge in [-0.15, -0.1) is 35.3 Å². The fourth-order valence-electron chi connectivity index (χ4n) is 3.23. The number of piperidine rings is 1. The van der Waals surface area contributed by atoms with Crippen LogP contribution in [0.4, 0.5) is 0 Å². The Morgan fingerprint density at radius 2 is 1.96 bits per heavy atom. The molecule has 1 saturated heterocycles. The van der Waals surface area contributed by atoms with Crippen molar-refractivity contribution in [2.24, 2.45) is 4.99 Å². The topological polar surface area (TPSA) is 52.6 Å². The van der Waals surface area contributed by atoms with Crippen LogP contribution in [-0.4, -0.2) is 47.6 Å². The molecule has 0 amide bonds. The average molecular weight is 463 g/mol. The Morgan fingerprint density at radius 3 is 2.50 bits per heavy atom. The quantitative estimate of drug-likeness (QED) is 0.401. The van der Waals surface area contributed by atoms with E-state index >= 15 is 0 Å². The number of nitrogens with zero attached hydrogens (tertiary/aromatic N) is 3. The molecule has 7 heteroatoms. The molecule has 1 aliphatic heterocycles. The van der Waals surface area contributed by atoms with E-state index in [0.717, 1.165) is 29.2 Å². The highest BCUT2D eigenvalue weighted by Gasteiger charge is 2.31. The van der Waals surface area contributed by atoms with Crippen molar-refractivity contribution in [1.82, 2.24) is 20.5 Å². The molecule has 0 spiro atoms. The van der Waals surface area contributed by atoms with Crippen molar-refractivity contribution in [1.29, 1.82) is 0 Å². The number of halogens is 1. The Morgan fingerprint density at radius 1 is 1.25 bits per heavy atom. The van der Waals surface area contributed by atoms with Crippen LogP contribution in [0.2, 0.25) is 0 Å². The molecule has 0 unspecified atom stereocenters. The van der Waals surface area contributed by atoms with Crippen molar-refractivity contribution in [3.63, 3.8) is 0 Å². The summed E-state index contributed by atoms with van der Waals surface area (Å²) in [5, 5.41) is 8.14. The third kappa shape index (κ3) is 5.56. The van der Waals surface area contributed by atoms with Crippen LogP contribution in [-0.2, 0) is 6.54 Å². The van der Waals surface area contributed by atoms with Crippen LogP contribution in [0.5, 0.6) is 0 Å². The first-order valence-electron chi connectivity index (χ1n) is 8.87. The van der Waals surface area contributed by atoms with Crippen LogP contribution in [0.25, 0.3) is 0 Å². The van der Waals surface area contributed by atoms with Gasteiger partial charge in [0, 0.05) is 36.6 Å². The van der Waals surface area contributed by atoms with Gasteiger partial charge in [-0.1, -0.05) is 0 Å². The summed E-state index contributed by atoms with van der Waals surface area (Å²) >= 11 is 1.75. The number of aromatic nitrogens is 1. The number of aryl methyl sites for hydroxylation is 2. The lowest BCUT2D eigenvalue weighted by molar-refractivity contribution is 0.197. The Bertz CT molecular complexity index is 547. The zero-order valence-electron chi connectivity index (χ0n) is 15.0. The minimum atomic E-state index is 0. The normalized spacial score (nSPS) is 19.9. The smallest absolute Gasteiger partial charge is 0.191 e. The predicted molar refractivity (Wildman–Crippen MR) is 113 cm³/mol. The third-order valence-corrected chi connectivity index (χ3v) is 5.72. The van der Waals surface area contributed by atoms with Gasteiger partial charge in [-0.25, -0.2) is 9.98 Å². The molecule has 2 fully saturated rings. The zero-order valence-corrected chi connectivity index (χ0v) is 18.1. The van der Waals surface area contributed by atoms with Gasteiger partial charge < -0.3 is 15.5 Å². The largest absolute Gasteiger partial charge is 0.357 e. The standard InChI is InChI=1S/C17H29N5S.HI/c1-4-18-17(19-11-16-12(2)20-13(3)23-16)21-14-7-9-22(10-8-14)15-5-6-15;/h14-15H,4-11H2,1-3H3,(H2,18,19,21);1H. The molecule has 2 N–H and O–H groups in total. The van der Waals surface area contributed by atoms with Crippen LogP contribution >= 0.6 is 35.3 Å².